The molecule has 240 valence electrons. The lowest BCUT2D eigenvalue weighted by Gasteiger charge is -1.79. The molecule has 0 aromatic rings. The van der Waals surface area contributed by atoms with Crippen LogP contribution >= 0.6 is 0 Å². The van der Waals surface area contributed by atoms with Gasteiger partial charge in [0, 0.05) is 0 Å². The van der Waals surface area contributed by atoms with E-state index in [9.17, 15) is 0 Å². The van der Waals surface area contributed by atoms with Crippen molar-refractivity contribution in [2.45, 2.75) is 236 Å². The number of hydrogen-bond donors (Lipinski definition) is 0. The molecule has 0 rings (SSSR count). The first-order valence-electron chi connectivity index (χ1n) is 10.5. The topological polar surface area (TPSA) is 0 Å². The normalized spacial score (nSPS) is 4.59. The quantitative estimate of drug-likeness (QED) is 0.351. The minimum absolute atomic E-state index is 0. The van der Waals surface area contributed by atoms with Crippen molar-refractivity contribution >= 4 is 0 Å². The molecular formula is C34H104. The van der Waals surface area contributed by atoms with Crippen molar-refractivity contribution in [1.82, 2.24) is 0 Å². The third-order valence-corrected chi connectivity index (χ3v) is 1.41. The van der Waals surface area contributed by atoms with Crippen LogP contribution in [0.15, 0.2) is 0 Å². The molecule has 0 aliphatic carbocycles. The van der Waals surface area contributed by atoms with Crippen molar-refractivity contribution in [2.24, 2.45) is 0 Å². The molecule has 0 aromatic carbocycles. The average molecular weight is 513 g/mol. The highest BCUT2D eigenvalue weighted by Crippen LogP contribution is 1.88. The van der Waals surface area contributed by atoms with E-state index in [4.69, 9.17) is 0 Å². The fourth-order valence-electron chi connectivity index (χ4n) is 0.707. The number of rotatable bonds is 4. The number of hydrogen-bond acceptors (Lipinski definition) is 0. The summed E-state index contributed by atoms with van der Waals surface area (Å²) in [5.74, 6) is 0. The van der Waals surface area contributed by atoms with E-state index in [0.29, 0.717) is 0 Å². The van der Waals surface area contributed by atoms with E-state index >= 15 is 0 Å². The van der Waals surface area contributed by atoms with Crippen molar-refractivity contribution in [1.29, 1.82) is 0 Å². The first kappa shape index (κ1) is 145. The van der Waals surface area contributed by atoms with E-state index in [1.165, 1.54) is 64.2 Å². The van der Waals surface area contributed by atoms with E-state index < -0.39 is 0 Å². The first-order chi connectivity index (χ1) is 10.5. The average Bonchev–Trinajstić information content (AvgIpc) is 2.45. The summed E-state index contributed by atoms with van der Waals surface area (Å²) < 4.78 is 0. The Bertz CT molecular complexity index is 48.4. The minimum atomic E-state index is 0. The lowest BCUT2D eigenvalue weighted by Crippen LogP contribution is -1.59. The van der Waals surface area contributed by atoms with Crippen LogP contribution in [0.3, 0.4) is 0 Å². The van der Waals surface area contributed by atoms with Gasteiger partial charge >= 0.3 is 0 Å². The van der Waals surface area contributed by atoms with Crippen molar-refractivity contribution in [2.75, 3.05) is 0 Å². The Balaban J connectivity index is -0.00000000534. The van der Waals surface area contributed by atoms with Gasteiger partial charge in [-0.2, -0.15) is 0 Å². The van der Waals surface area contributed by atoms with Crippen LogP contribution in [0.1, 0.15) is 236 Å². The van der Waals surface area contributed by atoms with Gasteiger partial charge in [0.2, 0.25) is 0 Å². The van der Waals surface area contributed by atoms with Crippen LogP contribution < -0.4 is 0 Å². The van der Waals surface area contributed by atoms with Gasteiger partial charge in [0.25, 0.3) is 0 Å². The molecule has 0 aliphatic rings. The van der Waals surface area contributed by atoms with Gasteiger partial charge in [0.15, 0.2) is 0 Å². The Morgan fingerprint density at radius 2 is 0.265 bits per heavy atom. The third-order valence-electron chi connectivity index (χ3n) is 1.41. The summed E-state index contributed by atoms with van der Waals surface area (Å²) in [6.45, 7) is 25.8. The molecule has 0 bridgehead atoms. The van der Waals surface area contributed by atoms with Gasteiger partial charge in [0.05, 0.1) is 0 Å². The van der Waals surface area contributed by atoms with Gasteiger partial charge in [-0.1, -0.05) is 236 Å². The molecule has 0 heterocycles. The maximum Gasteiger partial charge on any atom is -0.0538 e. The highest BCUT2D eigenvalue weighted by molar-refractivity contribution is 4.24. The second-order valence-electron chi connectivity index (χ2n) is 5.54. The molecule has 0 radical (unpaired) electrons. The van der Waals surface area contributed by atoms with E-state index in [0.717, 1.165) is 0 Å². The van der Waals surface area contributed by atoms with E-state index in [2.05, 4.69) is 83.1 Å². The summed E-state index contributed by atoms with van der Waals surface area (Å²) >= 11 is 0. The minimum Gasteiger partial charge on any atom is -0.0776 e. The Morgan fingerprint density at radius 1 is 0.206 bits per heavy atom. The Hall–Kier alpha value is 0. The van der Waals surface area contributed by atoms with E-state index in [1.807, 2.05) is 0 Å². The van der Waals surface area contributed by atoms with Crippen LogP contribution in [0.5, 0.6) is 0 Å². The highest BCUT2D eigenvalue weighted by Gasteiger charge is 1.68. The largest absolute Gasteiger partial charge is 0.0776 e. The van der Waals surface area contributed by atoms with Crippen LogP contribution in [-0.2, 0) is 0 Å². The molecule has 0 unspecified atom stereocenters. The first-order valence-corrected chi connectivity index (χ1v) is 10.5. The zero-order valence-electron chi connectivity index (χ0n) is 19.1. The summed E-state index contributed by atoms with van der Waals surface area (Å²) in [5, 5.41) is 0. The monoisotopic (exact) mass is 513 g/mol. The number of unbranched alkanes of at least 4 members (excludes halogenated alkanes) is 4. The van der Waals surface area contributed by atoms with Gasteiger partial charge < -0.3 is 0 Å². The molecule has 0 heteroatoms. The zero-order valence-corrected chi connectivity index (χ0v) is 19.1. The van der Waals surface area contributed by atoms with Gasteiger partial charge in [-0.25, -0.2) is 0 Å². The molecule has 0 spiro atoms. The van der Waals surface area contributed by atoms with Crippen LogP contribution in [0.4, 0.5) is 0 Å². The summed E-state index contributed by atoms with van der Waals surface area (Å²) in [6.07, 6.45) is 13.2. The van der Waals surface area contributed by atoms with Crippen molar-refractivity contribution in [3.05, 3.63) is 0 Å². The van der Waals surface area contributed by atoms with Gasteiger partial charge in [-0.3, -0.25) is 0 Å². The van der Waals surface area contributed by atoms with Crippen molar-refractivity contribution in [3.63, 3.8) is 0 Å². The standard InChI is InChI=1S/2C5H12.4C3H8.12CH4/c2*1-3-5-4-2;4*1-3-2;;;;;;;;;;;;/h2*3-5H2,1-2H3;4*3H2,1-2H3;12*1H4. The van der Waals surface area contributed by atoms with Crippen LogP contribution in [0.25, 0.3) is 0 Å². The molecule has 0 aromatic heterocycles. The second kappa shape index (κ2) is 338. The molecule has 0 amide bonds. The molecule has 0 aliphatic heterocycles. The predicted molar refractivity (Wildman–Crippen MR) is 195 cm³/mol. The van der Waals surface area contributed by atoms with E-state index in [-0.39, 0.29) is 89.1 Å². The van der Waals surface area contributed by atoms with Crippen LogP contribution in [0, 0.1) is 0 Å². The van der Waals surface area contributed by atoms with Gasteiger partial charge in [-0.05, 0) is 0 Å². The molecule has 0 atom stereocenters. The molecule has 0 N–H and O–H groups in total. The fraction of sp³-hybridized carbons (Fsp3) is 1.00. The summed E-state index contributed by atoms with van der Waals surface area (Å²) in [5.41, 5.74) is 0. The second-order valence-corrected chi connectivity index (χ2v) is 5.54. The van der Waals surface area contributed by atoms with Gasteiger partial charge in [-0.15, -0.1) is 0 Å². The summed E-state index contributed by atoms with van der Waals surface area (Å²) in [7, 11) is 0. The smallest absolute Gasteiger partial charge is 0.0538 e. The van der Waals surface area contributed by atoms with Crippen LogP contribution in [-0.4, -0.2) is 0 Å². The molecule has 0 nitrogen and oxygen atoms in total. The molecular weight excluding hydrogens is 408 g/mol. The maximum absolute atomic E-state index is 2.21. The third kappa shape index (κ3) is 1920. The molecule has 0 saturated carbocycles. The zero-order chi connectivity index (χ0) is 19.1. The van der Waals surface area contributed by atoms with E-state index in [1.54, 1.807) is 0 Å². The van der Waals surface area contributed by atoms with Gasteiger partial charge in [0.1, 0.15) is 0 Å². The Morgan fingerprint density at radius 3 is 0.265 bits per heavy atom. The molecule has 0 fully saturated rings. The summed E-state index contributed by atoms with van der Waals surface area (Å²) in [4.78, 5) is 0. The Labute approximate surface area is 236 Å². The van der Waals surface area contributed by atoms with Crippen LogP contribution in [0.2, 0.25) is 0 Å². The van der Waals surface area contributed by atoms with Crippen molar-refractivity contribution in [3.8, 4) is 0 Å². The molecule has 34 heavy (non-hydrogen) atoms. The highest BCUT2D eigenvalue weighted by atomic mass is 13.8. The summed E-state index contributed by atoms with van der Waals surface area (Å²) in [6, 6.07) is 0. The fourth-order valence-corrected chi connectivity index (χ4v) is 0.707. The maximum atomic E-state index is 2.21. The predicted octanol–water partition coefficient (Wildman–Crippen LogP) is 17.7. The lowest BCUT2D eigenvalue weighted by atomic mass is 10.3. The van der Waals surface area contributed by atoms with Crippen molar-refractivity contribution < 1.29 is 0 Å². The molecule has 0 saturated heterocycles. The Kier molecular flexibility index (Phi) is 1440. The SMILES string of the molecule is C.C.C.C.C.C.C.C.C.C.C.C.CCC.CCC.CCC.CCC.CCCCC.CCCCC. The lowest BCUT2D eigenvalue weighted by molar-refractivity contribution is 0.772.